The lowest BCUT2D eigenvalue weighted by Crippen LogP contribution is -2.47. The highest BCUT2D eigenvalue weighted by atomic mass is 32.1. The molecule has 1 aromatic rings. The fourth-order valence-electron chi connectivity index (χ4n) is 2.08. The molecule has 0 spiro atoms. The molecular formula is C11H19N3O3S. The van der Waals surface area contributed by atoms with E-state index in [4.69, 9.17) is 15.2 Å². The molecule has 7 heteroatoms. The SMILES string of the molecule is CCOc1c(N)nsc1N1CC(C)OC(CO)C1. The van der Waals surface area contributed by atoms with Gasteiger partial charge < -0.3 is 25.2 Å². The number of hydrogen-bond acceptors (Lipinski definition) is 7. The first kappa shape index (κ1) is 13.4. The minimum Gasteiger partial charge on any atom is -0.487 e. The summed E-state index contributed by atoms with van der Waals surface area (Å²) >= 11 is 1.33. The zero-order valence-corrected chi connectivity index (χ0v) is 11.4. The Balaban J connectivity index is 2.19. The minimum absolute atomic E-state index is 0.0130. The predicted molar refractivity (Wildman–Crippen MR) is 71.3 cm³/mol. The van der Waals surface area contributed by atoms with Crippen LogP contribution in [0.5, 0.6) is 5.75 Å². The van der Waals surface area contributed by atoms with E-state index in [-0.39, 0.29) is 18.8 Å². The second-order valence-electron chi connectivity index (χ2n) is 4.29. The van der Waals surface area contributed by atoms with Crippen LogP contribution in [0, 0.1) is 0 Å². The molecule has 0 saturated carbocycles. The van der Waals surface area contributed by atoms with Crippen LogP contribution in [0.3, 0.4) is 0 Å². The number of aliphatic hydroxyl groups excluding tert-OH is 1. The number of anilines is 2. The van der Waals surface area contributed by atoms with Crippen LogP contribution in [0.2, 0.25) is 0 Å². The molecule has 2 rings (SSSR count). The van der Waals surface area contributed by atoms with Gasteiger partial charge in [0.05, 0.1) is 25.4 Å². The largest absolute Gasteiger partial charge is 0.487 e. The third-order valence-electron chi connectivity index (χ3n) is 2.76. The monoisotopic (exact) mass is 273 g/mol. The third kappa shape index (κ3) is 2.68. The summed E-state index contributed by atoms with van der Waals surface area (Å²) in [6, 6.07) is 0. The summed E-state index contributed by atoms with van der Waals surface area (Å²) in [5, 5.41) is 10.2. The van der Waals surface area contributed by atoms with E-state index in [9.17, 15) is 5.11 Å². The van der Waals surface area contributed by atoms with Gasteiger partial charge in [0, 0.05) is 13.1 Å². The number of nitrogen functional groups attached to an aromatic ring is 1. The first-order valence-corrected chi connectivity index (χ1v) is 6.82. The van der Waals surface area contributed by atoms with Crippen LogP contribution in [0.15, 0.2) is 0 Å². The van der Waals surface area contributed by atoms with Crippen LogP contribution in [0.1, 0.15) is 13.8 Å². The standard InChI is InChI=1S/C11H19N3O3S/c1-3-16-9-10(12)13-18-11(9)14-4-7(2)17-8(5-14)6-15/h7-8,15H,3-6H2,1-2H3,(H2,12,13). The lowest BCUT2D eigenvalue weighted by molar-refractivity contribution is -0.0420. The van der Waals surface area contributed by atoms with E-state index >= 15 is 0 Å². The van der Waals surface area contributed by atoms with Crippen LogP contribution in [0.25, 0.3) is 0 Å². The van der Waals surface area contributed by atoms with Gasteiger partial charge in [0.1, 0.15) is 0 Å². The topological polar surface area (TPSA) is 80.8 Å². The van der Waals surface area contributed by atoms with Crippen molar-refractivity contribution in [3.63, 3.8) is 0 Å². The molecule has 102 valence electrons. The van der Waals surface area contributed by atoms with E-state index in [1.54, 1.807) is 0 Å². The van der Waals surface area contributed by atoms with Gasteiger partial charge in [-0.3, -0.25) is 0 Å². The van der Waals surface area contributed by atoms with Gasteiger partial charge in [0.2, 0.25) is 0 Å². The van der Waals surface area contributed by atoms with E-state index in [0.717, 1.165) is 11.5 Å². The van der Waals surface area contributed by atoms with Crippen LogP contribution >= 0.6 is 11.5 Å². The Labute approximate surface area is 110 Å². The number of hydrogen-bond donors (Lipinski definition) is 2. The van der Waals surface area contributed by atoms with Crippen LogP contribution in [-0.4, -0.2) is 48.0 Å². The van der Waals surface area contributed by atoms with Crippen molar-refractivity contribution >= 4 is 22.4 Å². The highest BCUT2D eigenvalue weighted by molar-refractivity contribution is 7.11. The van der Waals surface area contributed by atoms with Gasteiger partial charge in [-0.2, -0.15) is 4.37 Å². The summed E-state index contributed by atoms with van der Waals surface area (Å²) in [5.74, 6) is 1.07. The molecule has 1 aliphatic heterocycles. The van der Waals surface area contributed by atoms with Crippen molar-refractivity contribution < 1.29 is 14.6 Å². The van der Waals surface area contributed by atoms with Crippen molar-refractivity contribution in [1.82, 2.24) is 4.37 Å². The zero-order valence-electron chi connectivity index (χ0n) is 10.6. The molecule has 0 radical (unpaired) electrons. The molecule has 2 heterocycles. The molecule has 0 bridgehead atoms. The van der Waals surface area contributed by atoms with E-state index in [0.29, 0.717) is 24.7 Å². The fraction of sp³-hybridized carbons (Fsp3) is 0.727. The summed E-state index contributed by atoms with van der Waals surface area (Å²) in [5.41, 5.74) is 5.80. The van der Waals surface area contributed by atoms with Crippen molar-refractivity contribution in [2.24, 2.45) is 0 Å². The molecule has 6 nitrogen and oxygen atoms in total. The summed E-state index contributed by atoms with van der Waals surface area (Å²) in [4.78, 5) is 2.12. The number of aliphatic hydroxyl groups is 1. The lowest BCUT2D eigenvalue weighted by Gasteiger charge is -2.36. The number of morpholine rings is 1. The average Bonchev–Trinajstić information content (AvgIpc) is 2.71. The maximum Gasteiger partial charge on any atom is 0.197 e. The number of rotatable bonds is 4. The van der Waals surface area contributed by atoms with E-state index in [2.05, 4.69) is 9.27 Å². The van der Waals surface area contributed by atoms with Gasteiger partial charge in [-0.1, -0.05) is 0 Å². The number of nitrogens with zero attached hydrogens (tertiary/aromatic N) is 2. The van der Waals surface area contributed by atoms with Crippen molar-refractivity contribution in [2.75, 3.05) is 36.9 Å². The molecule has 1 aliphatic rings. The molecule has 1 fully saturated rings. The molecule has 1 saturated heterocycles. The Kier molecular flexibility index (Phi) is 4.26. The Morgan fingerprint density at radius 1 is 1.61 bits per heavy atom. The van der Waals surface area contributed by atoms with E-state index < -0.39 is 0 Å². The first-order valence-electron chi connectivity index (χ1n) is 6.04. The lowest BCUT2D eigenvalue weighted by atomic mass is 10.2. The van der Waals surface area contributed by atoms with Gasteiger partial charge >= 0.3 is 0 Å². The average molecular weight is 273 g/mol. The first-order chi connectivity index (χ1) is 8.65. The molecule has 2 atom stereocenters. The Hall–Kier alpha value is -1.05. The molecule has 0 aliphatic carbocycles. The highest BCUT2D eigenvalue weighted by Gasteiger charge is 2.28. The molecule has 1 aromatic heterocycles. The number of nitrogens with two attached hydrogens (primary N) is 1. The van der Waals surface area contributed by atoms with E-state index in [1.807, 2.05) is 13.8 Å². The highest BCUT2D eigenvalue weighted by Crippen LogP contribution is 2.39. The van der Waals surface area contributed by atoms with Crippen molar-refractivity contribution in [3.05, 3.63) is 0 Å². The predicted octanol–water partition coefficient (Wildman–Crippen LogP) is 0.710. The van der Waals surface area contributed by atoms with E-state index in [1.165, 1.54) is 11.5 Å². The van der Waals surface area contributed by atoms with Crippen LogP contribution in [0.4, 0.5) is 10.8 Å². The number of aromatic nitrogens is 1. The summed E-state index contributed by atoms with van der Waals surface area (Å²) in [7, 11) is 0. The number of ether oxygens (including phenoxy) is 2. The molecule has 2 unspecified atom stereocenters. The second kappa shape index (κ2) is 5.73. The van der Waals surface area contributed by atoms with Crippen LogP contribution in [-0.2, 0) is 4.74 Å². The molecule has 0 aromatic carbocycles. The maximum atomic E-state index is 9.23. The maximum absolute atomic E-state index is 9.23. The van der Waals surface area contributed by atoms with Crippen LogP contribution < -0.4 is 15.4 Å². The summed E-state index contributed by atoms with van der Waals surface area (Å²) in [6.45, 7) is 5.84. The molecule has 0 amide bonds. The third-order valence-corrected chi connectivity index (χ3v) is 3.67. The van der Waals surface area contributed by atoms with Crippen molar-refractivity contribution in [2.45, 2.75) is 26.1 Å². The Bertz CT molecular complexity index is 399. The zero-order chi connectivity index (χ0) is 13.1. The normalized spacial score (nSPS) is 24.3. The quantitative estimate of drug-likeness (QED) is 0.841. The van der Waals surface area contributed by atoms with Crippen molar-refractivity contribution in [1.29, 1.82) is 0 Å². The smallest absolute Gasteiger partial charge is 0.197 e. The van der Waals surface area contributed by atoms with Crippen molar-refractivity contribution in [3.8, 4) is 5.75 Å². The summed E-state index contributed by atoms with van der Waals surface area (Å²) < 4.78 is 15.3. The van der Waals surface area contributed by atoms with Gasteiger partial charge in [-0.25, -0.2) is 0 Å². The summed E-state index contributed by atoms with van der Waals surface area (Å²) in [6.07, 6.45) is -0.111. The Morgan fingerprint density at radius 3 is 3.06 bits per heavy atom. The minimum atomic E-state index is -0.174. The second-order valence-corrected chi connectivity index (χ2v) is 5.04. The Morgan fingerprint density at radius 2 is 2.39 bits per heavy atom. The molecular weight excluding hydrogens is 254 g/mol. The van der Waals surface area contributed by atoms with Gasteiger partial charge in [0.15, 0.2) is 16.6 Å². The van der Waals surface area contributed by atoms with Gasteiger partial charge in [-0.15, -0.1) is 0 Å². The van der Waals surface area contributed by atoms with Gasteiger partial charge in [-0.05, 0) is 25.4 Å². The van der Waals surface area contributed by atoms with Gasteiger partial charge in [0.25, 0.3) is 0 Å². The molecule has 18 heavy (non-hydrogen) atoms. The fourth-order valence-corrected chi connectivity index (χ4v) is 2.86. The molecule has 3 N–H and O–H groups in total.